The predicted octanol–water partition coefficient (Wildman–Crippen LogP) is 3.23. The third-order valence-corrected chi connectivity index (χ3v) is 7.30. The molecule has 1 N–H and O–H groups in total. The van der Waals surface area contributed by atoms with Crippen molar-refractivity contribution in [3.8, 4) is 0 Å². The Bertz CT molecular complexity index is 1020. The van der Waals surface area contributed by atoms with Crippen molar-refractivity contribution in [2.45, 2.75) is 50.2 Å². The van der Waals surface area contributed by atoms with E-state index >= 15 is 0 Å². The highest BCUT2D eigenvalue weighted by molar-refractivity contribution is 7.89. The number of nitrogens with zero attached hydrogens (tertiary/aromatic N) is 1. The van der Waals surface area contributed by atoms with Gasteiger partial charge in [-0.1, -0.05) is 12.1 Å². The summed E-state index contributed by atoms with van der Waals surface area (Å²) in [5.74, 6) is -0.316. The molecule has 1 heterocycles. The van der Waals surface area contributed by atoms with E-state index in [1.54, 1.807) is 12.1 Å². The predicted molar refractivity (Wildman–Crippen MR) is 112 cm³/mol. The largest absolute Gasteiger partial charge is 0.373 e. The lowest BCUT2D eigenvalue weighted by Gasteiger charge is -2.34. The van der Waals surface area contributed by atoms with Gasteiger partial charge in [0.2, 0.25) is 10.0 Å². The van der Waals surface area contributed by atoms with Crippen LogP contribution in [0.25, 0.3) is 0 Å². The minimum absolute atomic E-state index is 0.125. The first kappa shape index (κ1) is 20.1. The van der Waals surface area contributed by atoms with Gasteiger partial charge in [0, 0.05) is 24.3 Å². The molecule has 1 saturated heterocycles. The number of ether oxygens (including phenoxy) is 1. The number of carbonyl (C=O) groups excluding carboxylic acids is 1. The van der Waals surface area contributed by atoms with Gasteiger partial charge in [-0.15, -0.1) is 0 Å². The molecule has 1 fully saturated rings. The van der Waals surface area contributed by atoms with Gasteiger partial charge >= 0.3 is 0 Å². The highest BCUT2D eigenvalue weighted by atomic mass is 32.2. The van der Waals surface area contributed by atoms with Gasteiger partial charge in [0.05, 0.1) is 17.1 Å². The summed E-state index contributed by atoms with van der Waals surface area (Å²) in [6.45, 7) is 4.33. The molecule has 0 radical (unpaired) electrons. The molecule has 0 unspecified atom stereocenters. The average molecular weight is 415 g/mol. The Kier molecular flexibility index (Phi) is 5.46. The van der Waals surface area contributed by atoms with E-state index in [-0.39, 0.29) is 23.0 Å². The molecule has 2 aliphatic rings. The van der Waals surface area contributed by atoms with Crippen LogP contribution in [0.15, 0.2) is 47.4 Å². The van der Waals surface area contributed by atoms with E-state index in [1.165, 1.54) is 27.6 Å². The molecule has 0 bridgehead atoms. The molecule has 0 saturated carbocycles. The number of carbonyl (C=O) groups is 1. The maximum Gasteiger partial charge on any atom is 0.255 e. The van der Waals surface area contributed by atoms with Gasteiger partial charge in [-0.3, -0.25) is 4.79 Å². The first-order valence-electron chi connectivity index (χ1n) is 10.0. The second-order valence-corrected chi connectivity index (χ2v) is 9.84. The van der Waals surface area contributed by atoms with Crippen molar-refractivity contribution in [2.75, 3.05) is 18.4 Å². The van der Waals surface area contributed by atoms with E-state index in [2.05, 4.69) is 11.4 Å². The number of rotatable bonds is 4. The number of hydrogen-bond acceptors (Lipinski definition) is 4. The smallest absolute Gasteiger partial charge is 0.255 e. The highest BCUT2D eigenvalue weighted by Gasteiger charge is 2.32. The van der Waals surface area contributed by atoms with Crippen molar-refractivity contribution in [2.24, 2.45) is 0 Å². The third kappa shape index (κ3) is 4.22. The fraction of sp³-hybridized carbons (Fsp3) is 0.409. The number of sulfonamides is 1. The van der Waals surface area contributed by atoms with E-state index < -0.39 is 10.0 Å². The number of morpholine rings is 1. The Morgan fingerprint density at radius 3 is 2.52 bits per heavy atom. The lowest BCUT2D eigenvalue weighted by molar-refractivity contribution is -0.0440. The lowest BCUT2D eigenvalue weighted by atomic mass is 10.1. The number of aryl methyl sites for hydroxylation is 2. The van der Waals surface area contributed by atoms with Crippen LogP contribution < -0.4 is 5.32 Å². The molecular weight excluding hydrogens is 388 g/mol. The van der Waals surface area contributed by atoms with Crippen LogP contribution >= 0.6 is 0 Å². The van der Waals surface area contributed by atoms with Gasteiger partial charge < -0.3 is 10.1 Å². The van der Waals surface area contributed by atoms with Gasteiger partial charge in [-0.25, -0.2) is 8.42 Å². The van der Waals surface area contributed by atoms with Gasteiger partial charge in [0.25, 0.3) is 5.91 Å². The van der Waals surface area contributed by atoms with Crippen LogP contribution in [0.3, 0.4) is 0 Å². The zero-order valence-corrected chi connectivity index (χ0v) is 17.5. The van der Waals surface area contributed by atoms with Crippen LogP contribution in [-0.4, -0.2) is 43.9 Å². The van der Waals surface area contributed by atoms with Gasteiger partial charge in [-0.05, 0) is 74.6 Å². The van der Waals surface area contributed by atoms with E-state index in [9.17, 15) is 13.2 Å². The fourth-order valence-corrected chi connectivity index (χ4v) is 5.76. The number of anilines is 1. The van der Waals surface area contributed by atoms with Crippen molar-refractivity contribution in [1.29, 1.82) is 0 Å². The molecule has 1 aliphatic heterocycles. The molecule has 2 atom stereocenters. The van der Waals surface area contributed by atoms with Crippen molar-refractivity contribution < 1.29 is 17.9 Å². The van der Waals surface area contributed by atoms with Crippen LogP contribution in [-0.2, 0) is 27.6 Å². The monoisotopic (exact) mass is 414 g/mol. The molecule has 1 aliphatic carbocycles. The summed E-state index contributed by atoms with van der Waals surface area (Å²) in [7, 11) is -3.69. The first-order valence-corrected chi connectivity index (χ1v) is 11.5. The Balaban J connectivity index is 1.54. The Morgan fingerprint density at radius 2 is 1.76 bits per heavy atom. The molecule has 2 aromatic carbocycles. The summed E-state index contributed by atoms with van der Waals surface area (Å²) < 4.78 is 33.2. The molecule has 6 nitrogen and oxygen atoms in total. The molecule has 1 amide bonds. The van der Waals surface area contributed by atoms with E-state index in [0.717, 1.165) is 24.9 Å². The van der Waals surface area contributed by atoms with E-state index in [4.69, 9.17) is 4.74 Å². The van der Waals surface area contributed by atoms with Crippen molar-refractivity contribution in [1.82, 2.24) is 4.31 Å². The number of amides is 1. The Labute approximate surface area is 171 Å². The van der Waals surface area contributed by atoms with Crippen molar-refractivity contribution in [3.05, 3.63) is 59.2 Å². The molecule has 7 heteroatoms. The topological polar surface area (TPSA) is 75.7 Å². The van der Waals surface area contributed by atoms with Gasteiger partial charge in [0.15, 0.2) is 0 Å². The molecular formula is C22H26N2O4S. The third-order valence-electron chi connectivity index (χ3n) is 5.48. The maximum atomic E-state index is 13.1. The number of fused-ring (bicyclic) bond motifs is 1. The van der Waals surface area contributed by atoms with Crippen LogP contribution in [0.4, 0.5) is 5.69 Å². The Morgan fingerprint density at radius 1 is 1.03 bits per heavy atom. The summed E-state index contributed by atoms with van der Waals surface area (Å²) in [4.78, 5) is 12.9. The van der Waals surface area contributed by atoms with Crippen LogP contribution in [0.2, 0.25) is 0 Å². The second-order valence-electron chi connectivity index (χ2n) is 7.90. The second kappa shape index (κ2) is 7.89. The maximum absolute atomic E-state index is 13.1. The van der Waals surface area contributed by atoms with Gasteiger partial charge in [0.1, 0.15) is 0 Å². The Hall–Kier alpha value is -2.22. The van der Waals surface area contributed by atoms with Gasteiger partial charge in [-0.2, -0.15) is 4.31 Å². The quantitative estimate of drug-likeness (QED) is 0.834. The number of benzene rings is 2. The normalized spacial score (nSPS) is 22.3. The van der Waals surface area contributed by atoms with Crippen LogP contribution in [0, 0.1) is 0 Å². The lowest BCUT2D eigenvalue weighted by Crippen LogP contribution is -2.48. The molecule has 2 aromatic rings. The molecule has 4 rings (SSSR count). The summed E-state index contributed by atoms with van der Waals surface area (Å²) >= 11 is 0. The van der Waals surface area contributed by atoms with Crippen LogP contribution in [0.1, 0.15) is 41.8 Å². The van der Waals surface area contributed by atoms with E-state index in [1.807, 2.05) is 26.0 Å². The average Bonchev–Trinajstić information content (AvgIpc) is 3.15. The minimum atomic E-state index is -3.69. The summed E-state index contributed by atoms with van der Waals surface area (Å²) in [6, 6.07) is 12.2. The SMILES string of the molecule is C[C@H]1CN(S(=O)(=O)c2cccc(C(=O)Nc3ccc4c(c3)CCC4)c2)C[C@H](C)O1. The highest BCUT2D eigenvalue weighted by Crippen LogP contribution is 2.26. The van der Waals surface area contributed by atoms with Crippen molar-refractivity contribution in [3.63, 3.8) is 0 Å². The molecule has 29 heavy (non-hydrogen) atoms. The molecule has 0 aromatic heterocycles. The minimum Gasteiger partial charge on any atom is -0.373 e. The zero-order chi connectivity index (χ0) is 20.6. The van der Waals surface area contributed by atoms with Crippen molar-refractivity contribution >= 4 is 21.6 Å². The standard InChI is InChI=1S/C22H26N2O4S/c1-15-13-24(14-16(2)28-15)29(26,27)21-8-4-7-19(12-21)22(25)23-20-10-9-17-5-3-6-18(17)11-20/h4,7-12,15-16H,3,5-6,13-14H2,1-2H3,(H,23,25)/t15-,16-/m0/s1. The van der Waals surface area contributed by atoms with Crippen LogP contribution in [0.5, 0.6) is 0 Å². The first-order chi connectivity index (χ1) is 13.8. The van der Waals surface area contributed by atoms with E-state index in [0.29, 0.717) is 18.7 Å². The fourth-order valence-electron chi connectivity index (χ4n) is 4.13. The molecule has 154 valence electrons. The summed E-state index contributed by atoms with van der Waals surface area (Å²) in [5, 5.41) is 2.89. The molecule has 0 spiro atoms. The number of nitrogens with one attached hydrogen (secondary N) is 1. The number of hydrogen-bond donors (Lipinski definition) is 1. The summed E-state index contributed by atoms with van der Waals surface area (Å²) in [6.07, 6.45) is 2.93. The zero-order valence-electron chi connectivity index (χ0n) is 16.7. The summed E-state index contributed by atoms with van der Waals surface area (Å²) in [5.41, 5.74) is 3.67.